The molecule has 10 heteroatoms. The Labute approximate surface area is 230 Å². The number of rotatable bonds is 9. The van der Waals surface area contributed by atoms with E-state index >= 15 is 0 Å². The van der Waals surface area contributed by atoms with E-state index in [2.05, 4.69) is 31.0 Å². The molecule has 3 unspecified atom stereocenters. The maximum Gasteiger partial charge on any atom is 0.230 e. The lowest BCUT2D eigenvalue weighted by molar-refractivity contribution is -0.115. The molecule has 1 aliphatic carbocycles. The first-order chi connectivity index (χ1) is 18.4. The highest BCUT2D eigenvalue weighted by molar-refractivity contribution is 7.15. The van der Waals surface area contributed by atoms with Crippen LogP contribution in [0.1, 0.15) is 69.8 Å². The van der Waals surface area contributed by atoms with Crippen LogP contribution in [0.3, 0.4) is 0 Å². The van der Waals surface area contributed by atoms with E-state index in [1.54, 1.807) is 0 Å². The second kappa shape index (κ2) is 12.1. The summed E-state index contributed by atoms with van der Waals surface area (Å²) in [6.45, 7) is 4.06. The summed E-state index contributed by atoms with van der Waals surface area (Å²) in [5, 5.41) is 37.1. The zero-order chi connectivity index (χ0) is 26.5. The smallest absolute Gasteiger partial charge is 0.230 e. The fourth-order valence-corrected chi connectivity index (χ4v) is 6.78. The van der Waals surface area contributed by atoms with E-state index in [1.165, 1.54) is 22.7 Å². The molecule has 3 atom stereocenters. The molecule has 3 N–H and O–H groups in total. The van der Waals surface area contributed by atoms with Gasteiger partial charge in [0, 0.05) is 18.3 Å². The summed E-state index contributed by atoms with van der Waals surface area (Å²) < 4.78 is 0. The number of amides is 1. The van der Waals surface area contributed by atoms with Crippen molar-refractivity contribution in [3.05, 3.63) is 80.8 Å². The Kier molecular flexibility index (Phi) is 8.41. The topological polar surface area (TPSA) is 113 Å². The van der Waals surface area contributed by atoms with Crippen molar-refractivity contribution in [1.82, 2.24) is 20.4 Å². The quantitative estimate of drug-likeness (QED) is 0.233. The second-order valence-electron chi connectivity index (χ2n) is 9.89. The Morgan fingerprint density at radius 3 is 2.13 bits per heavy atom. The number of aryl methyl sites for hydroxylation is 2. The molecule has 0 aliphatic heterocycles. The number of nitrogens with zero attached hydrogens (tertiary/aromatic N) is 4. The zero-order valence-corrected chi connectivity index (χ0v) is 23.2. The molecule has 1 amide bonds. The number of aromatic nitrogens is 4. The fourth-order valence-electron chi connectivity index (χ4n) is 4.93. The van der Waals surface area contributed by atoms with Gasteiger partial charge < -0.3 is 15.7 Å². The Bertz CT molecular complexity index is 1390. The van der Waals surface area contributed by atoms with Crippen molar-refractivity contribution in [2.75, 3.05) is 10.6 Å². The first-order valence-corrected chi connectivity index (χ1v) is 14.6. The van der Waals surface area contributed by atoms with Crippen molar-refractivity contribution < 1.29 is 9.90 Å². The van der Waals surface area contributed by atoms with Gasteiger partial charge in [-0.2, -0.15) is 0 Å². The first kappa shape index (κ1) is 26.4. The summed E-state index contributed by atoms with van der Waals surface area (Å²) in [5.41, 5.74) is 4.38. The largest absolute Gasteiger partial charge is 0.373 e. The lowest BCUT2D eigenvalue weighted by Crippen LogP contribution is -2.21. The van der Waals surface area contributed by atoms with Gasteiger partial charge >= 0.3 is 0 Å². The molecule has 1 fully saturated rings. The van der Waals surface area contributed by atoms with Crippen LogP contribution in [0.5, 0.6) is 0 Å². The van der Waals surface area contributed by atoms with Gasteiger partial charge in [-0.1, -0.05) is 77.6 Å². The average Bonchev–Trinajstić information content (AvgIpc) is 3.57. The molecule has 198 valence electrons. The Balaban J connectivity index is 1.16. The number of carbonyl (C=O) groups is 1. The van der Waals surface area contributed by atoms with Crippen LogP contribution in [0.4, 0.5) is 10.3 Å². The molecule has 1 aliphatic rings. The van der Waals surface area contributed by atoms with Crippen LogP contribution in [0.2, 0.25) is 0 Å². The van der Waals surface area contributed by atoms with Crippen LogP contribution in [-0.2, 0) is 17.6 Å². The standard InChI is InChI=1S/C28H32N6O2S2/c1-17-8-3-5-10-19(17)15-23(35)29-27-33-31-25(37-27)21-12-7-13-22(14-21)26-32-34-28(38-26)30-24(36)16-20-11-6-4-9-18(20)2/h3-6,8-11,21-23,35H,7,12-16H2,1-2H3,(H,29,33)(H,30,34,36). The number of nitrogens with one attached hydrogen (secondary N) is 2. The van der Waals surface area contributed by atoms with Crippen LogP contribution < -0.4 is 10.6 Å². The number of carbonyl (C=O) groups excluding carboxylic acids is 1. The highest BCUT2D eigenvalue weighted by Crippen LogP contribution is 2.43. The molecule has 2 aromatic heterocycles. The number of anilines is 2. The van der Waals surface area contributed by atoms with Gasteiger partial charge in [-0.05, 0) is 55.4 Å². The van der Waals surface area contributed by atoms with Gasteiger partial charge in [-0.15, -0.1) is 20.4 Å². The minimum absolute atomic E-state index is 0.0815. The highest BCUT2D eigenvalue weighted by Gasteiger charge is 2.29. The van der Waals surface area contributed by atoms with Crippen LogP contribution >= 0.6 is 22.7 Å². The first-order valence-electron chi connectivity index (χ1n) is 12.9. The van der Waals surface area contributed by atoms with Gasteiger partial charge in [-0.3, -0.25) is 4.79 Å². The zero-order valence-electron chi connectivity index (χ0n) is 21.6. The van der Waals surface area contributed by atoms with Gasteiger partial charge in [-0.25, -0.2) is 0 Å². The Hall–Kier alpha value is -3.21. The molecule has 0 saturated heterocycles. The molecule has 5 rings (SSSR count). The number of hydrogen-bond acceptors (Lipinski definition) is 9. The van der Waals surface area contributed by atoms with Gasteiger partial charge in [0.05, 0.1) is 6.42 Å². The lowest BCUT2D eigenvalue weighted by Gasteiger charge is -2.25. The van der Waals surface area contributed by atoms with E-state index in [0.29, 0.717) is 29.0 Å². The molecule has 2 heterocycles. The summed E-state index contributed by atoms with van der Waals surface area (Å²) in [6, 6.07) is 16.0. The predicted octanol–water partition coefficient (Wildman–Crippen LogP) is 5.60. The summed E-state index contributed by atoms with van der Waals surface area (Å²) in [4.78, 5) is 12.5. The molecule has 38 heavy (non-hydrogen) atoms. The van der Waals surface area contributed by atoms with Gasteiger partial charge in [0.25, 0.3) is 0 Å². The molecular formula is C28H32N6O2S2. The van der Waals surface area contributed by atoms with Crippen molar-refractivity contribution in [2.45, 2.75) is 70.4 Å². The van der Waals surface area contributed by atoms with E-state index in [-0.39, 0.29) is 11.8 Å². The molecule has 8 nitrogen and oxygen atoms in total. The third-order valence-electron chi connectivity index (χ3n) is 7.08. The monoisotopic (exact) mass is 548 g/mol. The second-order valence-corrected chi connectivity index (χ2v) is 11.9. The van der Waals surface area contributed by atoms with E-state index < -0.39 is 6.23 Å². The van der Waals surface area contributed by atoms with Crippen LogP contribution in [0, 0.1) is 13.8 Å². The van der Waals surface area contributed by atoms with Crippen LogP contribution in [0.25, 0.3) is 0 Å². The molecule has 1 saturated carbocycles. The number of aliphatic hydroxyl groups is 1. The van der Waals surface area contributed by atoms with E-state index in [9.17, 15) is 9.90 Å². The van der Waals surface area contributed by atoms with Gasteiger partial charge in [0.2, 0.25) is 16.2 Å². The Morgan fingerprint density at radius 2 is 1.47 bits per heavy atom. The summed E-state index contributed by atoms with van der Waals surface area (Å²) >= 11 is 2.98. The number of hydrogen-bond donors (Lipinski definition) is 3. The van der Waals surface area contributed by atoms with Gasteiger partial charge in [0.15, 0.2) is 0 Å². The van der Waals surface area contributed by atoms with Crippen LogP contribution in [-0.4, -0.2) is 37.6 Å². The third-order valence-corrected chi connectivity index (χ3v) is 9.10. The summed E-state index contributed by atoms with van der Waals surface area (Å²) in [5.74, 6) is 0.487. The normalized spacial score (nSPS) is 18.2. The molecule has 4 aromatic rings. The molecule has 2 aromatic carbocycles. The summed E-state index contributed by atoms with van der Waals surface area (Å²) in [7, 11) is 0. The third kappa shape index (κ3) is 6.61. The molecule has 0 spiro atoms. The van der Waals surface area contributed by atoms with Crippen molar-refractivity contribution in [3.63, 3.8) is 0 Å². The lowest BCUT2D eigenvalue weighted by atomic mass is 9.82. The van der Waals surface area contributed by atoms with E-state index in [1.807, 2.05) is 62.4 Å². The van der Waals surface area contributed by atoms with Gasteiger partial charge in [0.1, 0.15) is 16.2 Å². The van der Waals surface area contributed by atoms with Crippen molar-refractivity contribution in [2.24, 2.45) is 0 Å². The highest BCUT2D eigenvalue weighted by atomic mass is 32.1. The minimum Gasteiger partial charge on any atom is -0.373 e. The molecular weight excluding hydrogens is 516 g/mol. The Morgan fingerprint density at radius 1 is 0.895 bits per heavy atom. The predicted molar refractivity (Wildman–Crippen MR) is 152 cm³/mol. The maximum absolute atomic E-state index is 12.5. The minimum atomic E-state index is -0.725. The van der Waals surface area contributed by atoms with E-state index in [4.69, 9.17) is 0 Å². The maximum atomic E-state index is 12.5. The molecule has 0 radical (unpaired) electrons. The summed E-state index contributed by atoms with van der Waals surface area (Å²) in [6.07, 6.45) is 4.19. The molecule has 0 bridgehead atoms. The van der Waals surface area contributed by atoms with E-state index in [0.717, 1.165) is 58.0 Å². The van der Waals surface area contributed by atoms with Crippen molar-refractivity contribution >= 4 is 38.8 Å². The number of aliphatic hydroxyl groups excluding tert-OH is 1. The van der Waals surface area contributed by atoms with Crippen molar-refractivity contribution in [1.29, 1.82) is 0 Å². The average molecular weight is 549 g/mol. The van der Waals surface area contributed by atoms with Crippen LogP contribution in [0.15, 0.2) is 48.5 Å². The SMILES string of the molecule is Cc1ccccc1CC(=O)Nc1nnc(C2CCCC(c3nnc(NC(O)Cc4ccccc4C)s3)C2)s1. The van der Waals surface area contributed by atoms with Crippen molar-refractivity contribution in [3.8, 4) is 0 Å². The number of benzene rings is 2. The fraction of sp³-hybridized carbons (Fsp3) is 0.393.